The molecule has 1 aliphatic heterocycles. The summed E-state index contributed by atoms with van der Waals surface area (Å²) in [7, 11) is 1.57. The average molecular weight is 863 g/mol. The van der Waals surface area contributed by atoms with Gasteiger partial charge in [-0.1, -0.05) is 164 Å². The Kier molecular flexibility index (Phi) is 15.6. The summed E-state index contributed by atoms with van der Waals surface area (Å²) in [5.74, 6) is -1.82. The van der Waals surface area contributed by atoms with Crippen molar-refractivity contribution in [1.29, 1.82) is 0 Å². The minimum Gasteiger partial charge on any atom is -0.467 e. The van der Waals surface area contributed by atoms with Gasteiger partial charge >= 0.3 is 0 Å². The van der Waals surface area contributed by atoms with E-state index in [-0.39, 0.29) is 39.1 Å². The fourth-order valence-corrected chi connectivity index (χ4v) is 8.94. The average Bonchev–Trinajstić information content (AvgIpc) is 3.88. The van der Waals surface area contributed by atoms with Crippen LogP contribution in [0.4, 0.5) is 0 Å². The van der Waals surface area contributed by atoms with Crippen molar-refractivity contribution in [3.63, 3.8) is 0 Å². The Balaban J connectivity index is 1.26. The van der Waals surface area contributed by atoms with Gasteiger partial charge in [0, 0.05) is 17.9 Å². The molecule has 8 nitrogen and oxygen atoms in total. The molecule has 0 saturated carbocycles. The van der Waals surface area contributed by atoms with E-state index in [0.29, 0.717) is 17.9 Å². The number of ether oxygens (including phenoxy) is 7. The maximum atomic E-state index is 13.8. The first-order valence-corrected chi connectivity index (χ1v) is 22.3. The van der Waals surface area contributed by atoms with Crippen LogP contribution in [0.3, 0.4) is 0 Å². The Morgan fingerprint density at radius 3 is 1.65 bits per heavy atom. The lowest BCUT2D eigenvalue weighted by Gasteiger charge is -2.50. The molecule has 0 amide bonds. The van der Waals surface area contributed by atoms with E-state index in [4.69, 9.17) is 33.2 Å². The number of methoxy groups -OCH3 is 1. The van der Waals surface area contributed by atoms with Gasteiger partial charge in [0.1, 0.15) is 30.2 Å². The van der Waals surface area contributed by atoms with Gasteiger partial charge in [-0.25, -0.2) is 0 Å². The van der Waals surface area contributed by atoms with E-state index >= 15 is 0 Å². The molecule has 9 heteroatoms. The molecule has 1 fully saturated rings. The van der Waals surface area contributed by atoms with Gasteiger partial charge in [0.2, 0.25) is 5.79 Å². The van der Waals surface area contributed by atoms with Gasteiger partial charge in [-0.15, -0.1) is 11.3 Å². The predicted octanol–water partition coefficient (Wildman–Crippen LogP) is 10.6. The topological polar surface area (TPSA) is 84.8 Å². The van der Waals surface area contributed by atoms with Crippen molar-refractivity contribution in [3.05, 3.63) is 231 Å². The molecule has 7 aromatic rings. The zero-order chi connectivity index (χ0) is 43.1. The lowest BCUT2D eigenvalue weighted by molar-refractivity contribution is -0.379. The third-order valence-electron chi connectivity index (χ3n) is 11.2. The van der Waals surface area contributed by atoms with Crippen LogP contribution in [0.15, 0.2) is 187 Å². The van der Waals surface area contributed by atoms with Crippen molar-refractivity contribution in [2.24, 2.45) is 0 Å². The molecule has 6 atom stereocenters. The van der Waals surface area contributed by atoms with Crippen LogP contribution in [0.5, 0.6) is 5.75 Å². The van der Waals surface area contributed by atoms with Gasteiger partial charge < -0.3 is 38.3 Å². The number of benzene rings is 6. The second-order valence-electron chi connectivity index (χ2n) is 15.7. The molecule has 0 aliphatic carbocycles. The summed E-state index contributed by atoms with van der Waals surface area (Å²) in [5, 5.41) is 15.9. The summed E-state index contributed by atoms with van der Waals surface area (Å²) in [5.41, 5.74) is 6.41. The SMILES string of the molecule is COCOc1ccc(C(Cc2ccccc2)c2cccs2)cc1[C@]1(O)O[C@H](COCc2ccccc2)[C@@H](OCc2ccccc2)[C@H](OCc2ccccc2)[C@H]1OCc1ccccc1. The minimum atomic E-state index is -2.16. The number of hydrogen-bond acceptors (Lipinski definition) is 9. The number of hydrogen-bond donors (Lipinski definition) is 1. The molecule has 324 valence electrons. The van der Waals surface area contributed by atoms with E-state index < -0.39 is 30.2 Å². The van der Waals surface area contributed by atoms with Crippen molar-refractivity contribution >= 4 is 11.3 Å². The Morgan fingerprint density at radius 2 is 1.11 bits per heavy atom. The Bertz CT molecular complexity index is 2370. The van der Waals surface area contributed by atoms with Gasteiger partial charge in [0.05, 0.1) is 38.6 Å². The normalized spacial score (nSPS) is 20.3. The summed E-state index contributed by atoms with van der Waals surface area (Å²) in [6, 6.07) is 60.5. The second kappa shape index (κ2) is 22.2. The van der Waals surface area contributed by atoms with Gasteiger partial charge in [-0.2, -0.15) is 0 Å². The van der Waals surface area contributed by atoms with Crippen LogP contribution in [-0.4, -0.2) is 50.0 Å². The smallest absolute Gasteiger partial charge is 0.226 e. The fourth-order valence-electron chi connectivity index (χ4n) is 8.08. The van der Waals surface area contributed by atoms with Crippen LogP contribution in [0.2, 0.25) is 0 Å². The van der Waals surface area contributed by atoms with E-state index in [2.05, 4.69) is 47.8 Å². The van der Waals surface area contributed by atoms with Crippen LogP contribution in [0.1, 0.15) is 49.7 Å². The molecule has 8 rings (SSSR count). The van der Waals surface area contributed by atoms with Crippen LogP contribution in [0, 0.1) is 0 Å². The van der Waals surface area contributed by atoms with Gasteiger partial charge in [0.25, 0.3) is 0 Å². The molecular formula is C54H54O8S. The van der Waals surface area contributed by atoms with Crippen molar-refractivity contribution in [1.82, 2.24) is 0 Å². The van der Waals surface area contributed by atoms with Crippen molar-refractivity contribution in [2.45, 2.75) is 69.0 Å². The zero-order valence-corrected chi connectivity index (χ0v) is 36.3. The maximum Gasteiger partial charge on any atom is 0.226 e. The lowest BCUT2D eigenvalue weighted by Crippen LogP contribution is -2.65. The molecule has 1 saturated heterocycles. The van der Waals surface area contributed by atoms with Gasteiger partial charge in [0.15, 0.2) is 6.79 Å². The molecule has 2 heterocycles. The molecular weight excluding hydrogens is 809 g/mol. The molecule has 0 bridgehead atoms. The van der Waals surface area contributed by atoms with Gasteiger partial charge in [-0.05, 0) is 63.4 Å². The first-order valence-electron chi connectivity index (χ1n) is 21.4. The Labute approximate surface area is 374 Å². The monoisotopic (exact) mass is 862 g/mol. The lowest BCUT2D eigenvalue weighted by atomic mass is 9.84. The highest BCUT2D eigenvalue weighted by atomic mass is 32.1. The van der Waals surface area contributed by atoms with E-state index in [1.807, 2.05) is 140 Å². The van der Waals surface area contributed by atoms with E-state index in [1.54, 1.807) is 18.4 Å². The minimum absolute atomic E-state index is 0.0458. The van der Waals surface area contributed by atoms with Crippen molar-refractivity contribution in [2.75, 3.05) is 20.5 Å². The van der Waals surface area contributed by atoms with Crippen molar-refractivity contribution < 1.29 is 38.3 Å². The molecule has 1 unspecified atom stereocenters. The first-order chi connectivity index (χ1) is 31.1. The third kappa shape index (κ3) is 11.6. The zero-order valence-electron chi connectivity index (χ0n) is 35.4. The largest absolute Gasteiger partial charge is 0.467 e. The Hall–Kier alpha value is -5.46. The maximum absolute atomic E-state index is 13.8. The summed E-state index contributed by atoms with van der Waals surface area (Å²) in [4.78, 5) is 1.19. The van der Waals surface area contributed by atoms with E-state index in [9.17, 15) is 5.11 Å². The number of thiophene rings is 1. The standard InChI is InChI=1S/C54H54O8S/c1-56-39-61-48-30-29-45(46(50-28-17-31-63-50)32-40-18-7-2-8-19-40)33-47(48)54(55)53(60-37-44-26-15-6-16-27-44)52(59-36-43-24-13-5-14-25-43)51(58-35-42-22-11-4-12-23-42)49(62-54)38-57-34-41-20-9-3-10-21-41/h2-31,33,46,49,51-53,55H,32,34-39H2,1H3/t46?,49-,51-,52+,53-,54+/m1/s1. The quantitative estimate of drug-likeness (QED) is 0.0715. The summed E-state index contributed by atoms with van der Waals surface area (Å²) >= 11 is 1.70. The summed E-state index contributed by atoms with van der Waals surface area (Å²) in [6.07, 6.45) is -2.87. The van der Waals surface area contributed by atoms with Crippen LogP contribution in [-0.2, 0) is 67.1 Å². The number of rotatable bonds is 21. The molecule has 0 radical (unpaired) electrons. The first kappa shape index (κ1) is 44.2. The van der Waals surface area contributed by atoms with Gasteiger partial charge in [-0.3, -0.25) is 0 Å². The molecule has 0 spiro atoms. The molecule has 6 aromatic carbocycles. The fraction of sp³-hybridized carbons (Fsp3) is 0.259. The predicted molar refractivity (Wildman–Crippen MR) is 245 cm³/mol. The van der Waals surface area contributed by atoms with E-state index in [0.717, 1.165) is 34.2 Å². The Morgan fingerprint density at radius 1 is 0.587 bits per heavy atom. The second-order valence-corrected chi connectivity index (χ2v) is 16.6. The molecule has 1 aliphatic rings. The molecule has 1 aromatic heterocycles. The van der Waals surface area contributed by atoms with E-state index in [1.165, 1.54) is 10.4 Å². The highest BCUT2D eigenvalue weighted by Gasteiger charge is 2.58. The highest BCUT2D eigenvalue weighted by molar-refractivity contribution is 7.10. The molecule has 1 N–H and O–H groups in total. The number of aliphatic hydroxyl groups is 1. The van der Waals surface area contributed by atoms with Crippen LogP contribution in [0.25, 0.3) is 0 Å². The summed E-state index contributed by atoms with van der Waals surface area (Å²) < 4.78 is 46.2. The third-order valence-corrected chi connectivity index (χ3v) is 12.2. The summed E-state index contributed by atoms with van der Waals surface area (Å²) in [6.45, 7) is 0.985. The highest BCUT2D eigenvalue weighted by Crippen LogP contribution is 2.46. The van der Waals surface area contributed by atoms with Crippen molar-refractivity contribution in [3.8, 4) is 5.75 Å². The van der Waals surface area contributed by atoms with Crippen LogP contribution >= 0.6 is 11.3 Å². The van der Waals surface area contributed by atoms with Crippen LogP contribution < -0.4 is 4.74 Å². The molecule has 63 heavy (non-hydrogen) atoms.